The highest BCUT2D eigenvalue weighted by molar-refractivity contribution is 5.42. The first kappa shape index (κ1) is 17.8. The second kappa shape index (κ2) is 8.90. The molecule has 1 aromatic rings. The molecule has 0 fully saturated rings. The fourth-order valence-corrected chi connectivity index (χ4v) is 2.13. The molecule has 1 aromatic carbocycles. The van der Waals surface area contributed by atoms with Gasteiger partial charge in [0.1, 0.15) is 0 Å². The molecular weight excluding hydrogens is 266 g/mol. The van der Waals surface area contributed by atoms with Gasteiger partial charge in [0.05, 0.1) is 20.3 Å². The highest BCUT2D eigenvalue weighted by Gasteiger charge is 2.19. The van der Waals surface area contributed by atoms with Crippen molar-refractivity contribution in [3.05, 3.63) is 23.8 Å². The van der Waals surface area contributed by atoms with Crippen LogP contribution in [0.1, 0.15) is 38.7 Å². The highest BCUT2D eigenvalue weighted by Crippen LogP contribution is 2.28. The molecule has 0 aliphatic heterocycles. The van der Waals surface area contributed by atoms with Crippen molar-refractivity contribution in [2.75, 3.05) is 27.4 Å². The number of rotatable bonds is 10. The van der Waals surface area contributed by atoms with Gasteiger partial charge in [-0.1, -0.05) is 13.0 Å². The van der Waals surface area contributed by atoms with Gasteiger partial charge < -0.3 is 19.9 Å². The number of hydrogen-bond donors (Lipinski definition) is 2. The molecule has 0 saturated heterocycles. The van der Waals surface area contributed by atoms with Crippen LogP contribution < -0.4 is 14.8 Å². The molecule has 1 unspecified atom stereocenters. The standard InChI is InChI=1S/C17H29NO3/c1-5-14-8-9-15(16(12-14)20-4)21-11-7-6-10-17(2,13-19)18-3/h8-9,12,18-19H,5-7,10-11,13H2,1-4H3. The predicted octanol–water partition coefficient (Wildman–Crippen LogP) is 2.78. The van der Waals surface area contributed by atoms with Gasteiger partial charge in [0.15, 0.2) is 11.5 Å². The first-order chi connectivity index (χ1) is 10.1. The molecule has 1 atom stereocenters. The molecule has 1 rings (SSSR count). The molecule has 0 aliphatic rings. The van der Waals surface area contributed by atoms with Crippen molar-refractivity contribution in [2.24, 2.45) is 0 Å². The summed E-state index contributed by atoms with van der Waals surface area (Å²) >= 11 is 0. The van der Waals surface area contributed by atoms with Crippen LogP contribution in [0.15, 0.2) is 18.2 Å². The highest BCUT2D eigenvalue weighted by atomic mass is 16.5. The normalized spacial score (nSPS) is 13.8. The van der Waals surface area contributed by atoms with Gasteiger partial charge in [0, 0.05) is 5.54 Å². The number of nitrogens with one attached hydrogen (secondary N) is 1. The van der Waals surface area contributed by atoms with Gasteiger partial charge in [-0.2, -0.15) is 0 Å². The Balaban J connectivity index is 2.39. The third-order valence-electron chi connectivity index (χ3n) is 3.97. The zero-order chi connectivity index (χ0) is 15.7. The number of benzene rings is 1. The Morgan fingerprint density at radius 1 is 1.24 bits per heavy atom. The lowest BCUT2D eigenvalue weighted by Crippen LogP contribution is -2.43. The van der Waals surface area contributed by atoms with E-state index in [1.807, 2.05) is 26.1 Å². The quantitative estimate of drug-likeness (QED) is 0.652. The van der Waals surface area contributed by atoms with Crippen molar-refractivity contribution < 1.29 is 14.6 Å². The van der Waals surface area contributed by atoms with Gasteiger partial charge >= 0.3 is 0 Å². The summed E-state index contributed by atoms with van der Waals surface area (Å²) in [6.07, 6.45) is 3.87. The number of aryl methyl sites for hydroxylation is 1. The minimum Gasteiger partial charge on any atom is -0.493 e. The van der Waals surface area contributed by atoms with Crippen molar-refractivity contribution in [3.8, 4) is 11.5 Å². The fraction of sp³-hybridized carbons (Fsp3) is 0.647. The minimum atomic E-state index is -0.194. The number of ether oxygens (including phenoxy) is 2. The lowest BCUT2D eigenvalue weighted by molar-refractivity contribution is 0.168. The van der Waals surface area contributed by atoms with E-state index < -0.39 is 0 Å². The van der Waals surface area contributed by atoms with Gasteiger partial charge in [0.2, 0.25) is 0 Å². The molecule has 0 aliphatic carbocycles. The SMILES string of the molecule is CCc1ccc(OCCCCC(C)(CO)NC)c(OC)c1. The minimum absolute atomic E-state index is 0.149. The summed E-state index contributed by atoms with van der Waals surface area (Å²) in [5.74, 6) is 1.60. The van der Waals surface area contributed by atoms with Crippen LogP contribution >= 0.6 is 0 Å². The first-order valence-corrected chi connectivity index (χ1v) is 7.68. The molecule has 2 N–H and O–H groups in total. The molecule has 0 bridgehead atoms. The number of likely N-dealkylation sites (N-methyl/N-ethyl adjacent to an activating group) is 1. The van der Waals surface area contributed by atoms with E-state index in [0.717, 1.165) is 37.2 Å². The predicted molar refractivity (Wildman–Crippen MR) is 86.3 cm³/mol. The third kappa shape index (κ3) is 5.56. The first-order valence-electron chi connectivity index (χ1n) is 7.68. The van der Waals surface area contributed by atoms with Gasteiger partial charge in [-0.05, 0) is 57.4 Å². The summed E-state index contributed by atoms with van der Waals surface area (Å²) in [7, 11) is 3.55. The smallest absolute Gasteiger partial charge is 0.161 e. The number of aliphatic hydroxyl groups excluding tert-OH is 1. The van der Waals surface area contributed by atoms with E-state index in [1.165, 1.54) is 5.56 Å². The van der Waals surface area contributed by atoms with Crippen LogP contribution in [0.2, 0.25) is 0 Å². The van der Waals surface area contributed by atoms with Crippen LogP contribution in [0.3, 0.4) is 0 Å². The summed E-state index contributed by atoms with van der Waals surface area (Å²) in [5.41, 5.74) is 1.05. The second-order valence-electron chi connectivity index (χ2n) is 5.61. The number of unbranched alkanes of at least 4 members (excludes halogenated alkanes) is 1. The molecule has 0 spiro atoms. The summed E-state index contributed by atoms with van der Waals surface area (Å²) in [6.45, 7) is 4.96. The molecule has 4 heteroatoms. The average molecular weight is 295 g/mol. The maximum absolute atomic E-state index is 9.33. The van der Waals surface area contributed by atoms with Crippen molar-refractivity contribution >= 4 is 0 Å². The van der Waals surface area contributed by atoms with E-state index >= 15 is 0 Å². The van der Waals surface area contributed by atoms with Crippen LogP contribution in [0.25, 0.3) is 0 Å². The van der Waals surface area contributed by atoms with E-state index in [1.54, 1.807) is 7.11 Å². The van der Waals surface area contributed by atoms with E-state index in [4.69, 9.17) is 9.47 Å². The van der Waals surface area contributed by atoms with E-state index in [0.29, 0.717) is 6.61 Å². The summed E-state index contributed by atoms with van der Waals surface area (Å²) in [5, 5.41) is 12.5. The largest absolute Gasteiger partial charge is 0.493 e. The van der Waals surface area contributed by atoms with Crippen molar-refractivity contribution in [1.82, 2.24) is 5.32 Å². The van der Waals surface area contributed by atoms with E-state index in [-0.39, 0.29) is 12.1 Å². The molecule has 0 radical (unpaired) electrons. The third-order valence-corrected chi connectivity index (χ3v) is 3.97. The van der Waals surface area contributed by atoms with E-state index in [2.05, 4.69) is 18.3 Å². The van der Waals surface area contributed by atoms with Crippen LogP contribution in [0, 0.1) is 0 Å². The average Bonchev–Trinajstić information content (AvgIpc) is 2.54. The summed E-state index contributed by atoms with van der Waals surface area (Å²) in [6, 6.07) is 6.07. The Morgan fingerprint density at radius 3 is 2.57 bits per heavy atom. The molecule has 0 aromatic heterocycles. The van der Waals surface area contributed by atoms with Gasteiger partial charge in [-0.15, -0.1) is 0 Å². The van der Waals surface area contributed by atoms with Gasteiger partial charge in [0.25, 0.3) is 0 Å². The van der Waals surface area contributed by atoms with Crippen LogP contribution in [-0.4, -0.2) is 38.0 Å². The molecule has 21 heavy (non-hydrogen) atoms. The second-order valence-corrected chi connectivity index (χ2v) is 5.61. The number of methoxy groups -OCH3 is 1. The van der Waals surface area contributed by atoms with Crippen molar-refractivity contribution in [1.29, 1.82) is 0 Å². The van der Waals surface area contributed by atoms with E-state index in [9.17, 15) is 5.11 Å². The lowest BCUT2D eigenvalue weighted by Gasteiger charge is -2.26. The lowest BCUT2D eigenvalue weighted by atomic mass is 9.96. The number of aliphatic hydroxyl groups is 1. The monoisotopic (exact) mass is 295 g/mol. The van der Waals surface area contributed by atoms with Crippen LogP contribution in [0.4, 0.5) is 0 Å². The van der Waals surface area contributed by atoms with Gasteiger partial charge in [-0.3, -0.25) is 0 Å². The Hall–Kier alpha value is -1.26. The molecule has 0 amide bonds. The summed E-state index contributed by atoms with van der Waals surface area (Å²) in [4.78, 5) is 0. The summed E-state index contributed by atoms with van der Waals surface area (Å²) < 4.78 is 11.2. The van der Waals surface area contributed by atoms with Crippen LogP contribution in [0.5, 0.6) is 11.5 Å². The topological polar surface area (TPSA) is 50.7 Å². The molecule has 0 saturated carbocycles. The van der Waals surface area contributed by atoms with Crippen LogP contribution in [-0.2, 0) is 6.42 Å². The Labute approximate surface area is 128 Å². The molecule has 120 valence electrons. The zero-order valence-corrected chi connectivity index (χ0v) is 13.7. The maximum atomic E-state index is 9.33. The molecular formula is C17H29NO3. The molecule has 4 nitrogen and oxygen atoms in total. The molecule has 0 heterocycles. The maximum Gasteiger partial charge on any atom is 0.161 e. The Bertz CT molecular complexity index is 416. The Kier molecular flexibility index (Phi) is 7.54. The van der Waals surface area contributed by atoms with Gasteiger partial charge in [-0.25, -0.2) is 0 Å². The van der Waals surface area contributed by atoms with Crippen molar-refractivity contribution in [2.45, 2.75) is 45.1 Å². The number of hydrogen-bond acceptors (Lipinski definition) is 4. The fourth-order valence-electron chi connectivity index (χ4n) is 2.13. The van der Waals surface area contributed by atoms with Crippen molar-refractivity contribution in [3.63, 3.8) is 0 Å². The zero-order valence-electron chi connectivity index (χ0n) is 13.7. The Morgan fingerprint density at radius 2 is 2.00 bits per heavy atom.